The molecule has 0 radical (unpaired) electrons. The van der Waals surface area contributed by atoms with Crippen molar-refractivity contribution in [3.8, 4) is 11.8 Å². The van der Waals surface area contributed by atoms with Crippen LogP contribution in [-0.2, 0) is 32.9 Å². The van der Waals surface area contributed by atoms with E-state index in [0.29, 0.717) is 11.2 Å². The second-order valence-corrected chi connectivity index (χ2v) is 12.4. The molecule has 1 aromatic carbocycles. The Balaban J connectivity index is 1.68. The zero-order valence-electron chi connectivity index (χ0n) is 24.8. The summed E-state index contributed by atoms with van der Waals surface area (Å²) in [5.41, 5.74) is 4.44. The highest BCUT2D eigenvalue weighted by Crippen LogP contribution is 2.49. The van der Waals surface area contributed by atoms with E-state index in [1.807, 2.05) is 6.07 Å². The highest BCUT2D eigenvalue weighted by Gasteiger charge is 2.59. The molecule has 0 saturated carbocycles. The number of nitriles is 1. The predicted molar refractivity (Wildman–Crippen MR) is 155 cm³/mol. The molecule has 0 amide bonds. The van der Waals surface area contributed by atoms with Gasteiger partial charge in [-0.15, -0.1) is 0 Å². The molecular weight excluding hydrogens is 595 g/mol. The van der Waals surface area contributed by atoms with Crippen molar-refractivity contribution in [2.45, 2.75) is 70.7 Å². The number of carbonyl (C=O) groups excluding carboxylic acids is 2. The molecule has 4 N–H and O–H groups in total. The first-order valence-corrected chi connectivity index (χ1v) is 15.4. The molecule has 3 heterocycles. The Labute approximate surface area is 253 Å². The summed E-state index contributed by atoms with van der Waals surface area (Å²) in [6, 6.07) is 11.9. The first kappa shape index (κ1) is 32.8. The Morgan fingerprint density at radius 2 is 1.89 bits per heavy atom. The molecule has 0 aliphatic carbocycles. The van der Waals surface area contributed by atoms with Gasteiger partial charge in [0.05, 0.1) is 17.7 Å². The molecule has 6 atom stereocenters. The van der Waals surface area contributed by atoms with E-state index in [4.69, 9.17) is 29.0 Å². The summed E-state index contributed by atoms with van der Waals surface area (Å²) in [5.74, 6) is -1.68. The highest BCUT2D eigenvalue weighted by atomic mass is 31.2. The maximum Gasteiger partial charge on any atom is 0.459 e. The summed E-state index contributed by atoms with van der Waals surface area (Å²) >= 11 is 0. The first-order valence-electron chi connectivity index (χ1n) is 13.8. The third-order valence-electron chi connectivity index (χ3n) is 6.61. The zero-order valence-corrected chi connectivity index (χ0v) is 25.7. The topological polar surface area (TPSA) is 210 Å². The predicted octanol–water partition coefficient (Wildman–Crippen LogP) is 2.71. The fourth-order valence-electron chi connectivity index (χ4n) is 4.37. The van der Waals surface area contributed by atoms with Gasteiger partial charge in [0.15, 0.2) is 11.9 Å². The molecule has 236 valence electrons. The lowest BCUT2D eigenvalue weighted by Crippen LogP contribution is -2.47. The molecule has 16 heteroatoms. The third kappa shape index (κ3) is 7.01. The number of nitrogens with zero attached hydrogens (tertiary/aromatic N) is 4. The van der Waals surface area contributed by atoms with Gasteiger partial charge in [-0.2, -0.15) is 15.4 Å². The monoisotopic (exact) mass is 630 g/mol. The number of nitrogen functional groups attached to an aromatic ring is 1. The van der Waals surface area contributed by atoms with Crippen LogP contribution in [-0.4, -0.2) is 68.2 Å². The molecule has 1 fully saturated rings. The molecule has 1 aliphatic heterocycles. The third-order valence-corrected chi connectivity index (χ3v) is 8.24. The zero-order chi connectivity index (χ0) is 32.2. The van der Waals surface area contributed by atoms with Crippen LogP contribution >= 0.6 is 7.75 Å². The second-order valence-electron chi connectivity index (χ2n) is 10.8. The van der Waals surface area contributed by atoms with Crippen LogP contribution in [0.3, 0.4) is 0 Å². The number of anilines is 1. The minimum atomic E-state index is -4.46. The number of para-hydroxylation sites is 1. The van der Waals surface area contributed by atoms with E-state index in [1.54, 1.807) is 58.0 Å². The summed E-state index contributed by atoms with van der Waals surface area (Å²) in [5, 5.41) is 28.5. The van der Waals surface area contributed by atoms with Gasteiger partial charge in [0.25, 0.3) is 0 Å². The van der Waals surface area contributed by atoms with Gasteiger partial charge in [0.1, 0.15) is 48.5 Å². The van der Waals surface area contributed by atoms with E-state index in [1.165, 1.54) is 29.9 Å². The van der Waals surface area contributed by atoms with Gasteiger partial charge >= 0.3 is 19.7 Å². The number of nitrogens with one attached hydrogen (secondary N) is 1. The average Bonchev–Trinajstić information content (AvgIpc) is 3.52. The molecule has 1 aliphatic rings. The Morgan fingerprint density at radius 1 is 1.18 bits per heavy atom. The number of rotatable bonds is 12. The maximum absolute atomic E-state index is 14.0. The van der Waals surface area contributed by atoms with E-state index in [0.717, 1.165) is 0 Å². The van der Waals surface area contributed by atoms with Gasteiger partial charge in [-0.25, -0.2) is 14.1 Å². The Hall–Kier alpha value is -4.06. The fourth-order valence-corrected chi connectivity index (χ4v) is 5.89. The van der Waals surface area contributed by atoms with Crippen molar-refractivity contribution in [3.63, 3.8) is 0 Å². The van der Waals surface area contributed by atoms with Crippen molar-refractivity contribution in [2.75, 3.05) is 12.3 Å². The Bertz CT molecular complexity index is 1580. The molecule has 4 rings (SSSR count). The smallest absolute Gasteiger partial charge is 0.459 e. The number of hydrogen-bond acceptors (Lipinski definition) is 13. The molecule has 2 aromatic heterocycles. The summed E-state index contributed by atoms with van der Waals surface area (Å²) in [4.78, 5) is 29.2. The number of benzene rings is 1. The summed E-state index contributed by atoms with van der Waals surface area (Å²) < 4.78 is 43.7. The van der Waals surface area contributed by atoms with Crippen molar-refractivity contribution >= 4 is 31.0 Å². The quantitative estimate of drug-likeness (QED) is 0.194. The minimum Gasteiger partial charge on any atom is -0.462 e. The number of aromatic nitrogens is 3. The van der Waals surface area contributed by atoms with Gasteiger partial charge in [0.2, 0.25) is 5.60 Å². The first-order chi connectivity index (χ1) is 20.8. The number of carbonyl (C=O) groups is 2. The normalized spacial score (nSPS) is 23.7. The van der Waals surface area contributed by atoms with Crippen molar-refractivity contribution in [3.05, 3.63) is 54.5 Å². The largest absolute Gasteiger partial charge is 0.462 e. The number of esters is 2. The number of aliphatic hydroxyl groups excluding tert-OH is 1. The second kappa shape index (κ2) is 13.3. The summed E-state index contributed by atoms with van der Waals surface area (Å²) in [7, 11) is -4.46. The standard InChI is InChI=1S/C28H35N6O9P/c1-16(2)26(36)41-23-22(20-11-12-21-25(30)31-15-32-34(20)21)42-28(13-29,24(23)35)14-39-44(38,43-19-9-7-6-8-10-19)33-18(5)27(37)40-17(3)4/h6-12,15-18,22-24,35H,14H2,1-5H3,(H,33,38)(H2,30,31,32)/t18-,22-,23-,24-,28+,44?/m0/s1. The Kier molecular flexibility index (Phi) is 9.92. The SMILES string of the molecule is CC(C)OC(=O)[C@H](C)NP(=O)(OC[C@@]1(C#N)O[C@@H](c2ccc3c(N)ncnn23)[C@H](OC(=O)C(C)C)[C@@H]1O)Oc1ccccc1. The van der Waals surface area contributed by atoms with E-state index < -0.39 is 68.3 Å². The molecular formula is C28H35N6O9P. The summed E-state index contributed by atoms with van der Waals surface area (Å²) in [6.45, 7) is 7.10. The van der Waals surface area contributed by atoms with Crippen molar-refractivity contribution in [1.29, 1.82) is 5.26 Å². The van der Waals surface area contributed by atoms with Crippen molar-refractivity contribution in [2.24, 2.45) is 5.92 Å². The van der Waals surface area contributed by atoms with E-state index >= 15 is 0 Å². The minimum absolute atomic E-state index is 0.130. The van der Waals surface area contributed by atoms with Gasteiger partial charge in [-0.3, -0.25) is 14.1 Å². The molecule has 0 spiro atoms. The van der Waals surface area contributed by atoms with E-state index in [9.17, 15) is 24.5 Å². The van der Waals surface area contributed by atoms with Crippen LogP contribution in [0.25, 0.3) is 5.52 Å². The van der Waals surface area contributed by atoms with E-state index in [2.05, 4.69) is 15.2 Å². The lowest BCUT2D eigenvalue weighted by molar-refractivity contribution is -0.159. The number of hydrogen-bond donors (Lipinski definition) is 3. The molecule has 44 heavy (non-hydrogen) atoms. The van der Waals surface area contributed by atoms with E-state index in [-0.39, 0.29) is 11.6 Å². The lowest BCUT2D eigenvalue weighted by atomic mass is 9.96. The van der Waals surface area contributed by atoms with Crippen LogP contribution < -0.4 is 15.3 Å². The van der Waals surface area contributed by atoms with Crippen LogP contribution in [0.15, 0.2) is 48.8 Å². The molecule has 3 aromatic rings. The summed E-state index contributed by atoms with van der Waals surface area (Å²) in [6.07, 6.45) is -3.68. The van der Waals surface area contributed by atoms with Gasteiger partial charge in [-0.05, 0) is 45.0 Å². The molecule has 0 bridgehead atoms. The number of aliphatic hydroxyl groups is 1. The van der Waals surface area contributed by atoms with Crippen LogP contribution in [0, 0.1) is 17.2 Å². The van der Waals surface area contributed by atoms with Crippen LogP contribution in [0.4, 0.5) is 5.82 Å². The Morgan fingerprint density at radius 3 is 2.52 bits per heavy atom. The van der Waals surface area contributed by atoms with Crippen molar-refractivity contribution in [1.82, 2.24) is 19.7 Å². The molecule has 1 saturated heterocycles. The van der Waals surface area contributed by atoms with Gasteiger partial charge < -0.3 is 29.6 Å². The molecule has 1 unspecified atom stereocenters. The highest BCUT2D eigenvalue weighted by molar-refractivity contribution is 7.52. The number of nitrogens with two attached hydrogens (primary N) is 1. The van der Waals surface area contributed by atoms with Gasteiger partial charge in [-0.1, -0.05) is 32.0 Å². The lowest BCUT2D eigenvalue weighted by Gasteiger charge is -2.28. The van der Waals surface area contributed by atoms with Crippen LogP contribution in [0.5, 0.6) is 5.75 Å². The number of ether oxygens (including phenoxy) is 3. The number of fused-ring (bicyclic) bond motifs is 1. The van der Waals surface area contributed by atoms with Crippen LogP contribution in [0.2, 0.25) is 0 Å². The average molecular weight is 631 g/mol. The fraction of sp³-hybridized carbons (Fsp3) is 0.464. The molecule has 15 nitrogen and oxygen atoms in total. The maximum atomic E-state index is 14.0. The van der Waals surface area contributed by atoms with Crippen molar-refractivity contribution < 1.29 is 42.5 Å². The van der Waals surface area contributed by atoms with Gasteiger partial charge in [0, 0.05) is 0 Å². The van der Waals surface area contributed by atoms with Crippen LogP contribution in [0.1, 0.15) is 46.4 Å².